The minimum absolute atomic E-state index is 0.0489. The van der Waals surface area contributed by atoms with Gasteiger partial charge >= 0.3 is 5.97 Å². The van der Waals surface area contributed by atoms with Crippen LogP contribution in [0.3, 0.4) is 0 Å². The smallest absolute Gasteiger partial charge is 0.327 e. The molecular weight excluding hydrogens is 346 g/mol. The summed E-state index contributed by atoms with van der Waals surface area (Å²) in [6.45, 7) is 2.85. The molecule has 0 aliphatic carbocycles. The SMILES string of the molecule is CC(=O)SCC(NC(=O)C(C)SC(=O)c1cccs1)C(=O)O. The van der Waals surface area contributed by atoms with Gasteiger partial charge in [-0.1, -0.05) is 29.6 Å². The van der Waals surface area contributed by atoms with Gasteiger partial charge in [0.05, 0.1) is 10.1 Å². The quantitative estimate of drug-likeness (QED) is 0.764. The second-order valence-corrected chi connectivity index (χ2v) is 7.69. The van der Waals surface area contributed by atoms with E-state index in [4.69, 9.17) is 5.11 Å². The van der Waals surface area contributed by atoms with Gasteiger partial charge in [-0.15, -0.1) is 11.3 Å². The lowest BCUT2D eigenvalue weighted by Gasteiger charge is -2.16. The molecule has 1 aromatic heterocycles. The minimum atomic E-state index is -1.22. The summed E-state index contributed by atoms with van der Waals surface area (Å²) in [5.74, 6) is -1.82. The fourth-order valence-electron chi connectivity index (χ4n) is 1.33. The Kier molecular flexibility index (Phi) is 7.63. The number of rotatable bonds is 7. The zero-order valence-corrected chi connectivity index (χ0v) is 14.3. The highest BCUT2D eigenvalue weighted by Crippen LogP contribution is 2.21. The number of carbonyl (C=O) groups excluding carboxylic acids is 3. The van der Waals surface area contributed by atoms with E-state index in [0.717, 1.165) is 23.5 Å². The fourth-order valence-corrected chi connectivity index (χ4v) is 3.48. The Hall–Kier alpha value is -1.32. The van der Waals surface area contributed by atoms with Gasteiger partial charge in [0.15, 0.2) is 5.12 Å². The molecule has 6 nitrogen and oxygen atoms in total. The molecular formula is C13H15NO5S3. The molecule has 22 heavy (non-hydrogen) atoms. The number of nitrogens with one attached hydrogen (secondary N) is 1. The van der Waals surface area contributed by atoms with Crippen LogP contribution in [0.5, 0.6) is 0 Å². The largest absolute Gasteiger partial charge is 0.480 e. The number of amides is 1. The van der Waals surface area contributed by atoms with Crippen LogP contribution in [-0.4, -0.2) is 44.3 Å². The summed E-state index contributed by atoms with van der Waals surface area (Å²) in [6, 6.07) is 2.23. The van der Waals surface area contributed by atoms with Gasteiger partial charge in [-0.3, -0.25) is 14.4 Å². The summed E-state index contributed by atoms with van der Waals surface area (Å²) in [5, 5.41) is 12.0. The van der Waals surface area contributed by atoms with Crippen LogP contribution in [0.25, 0.3) is 0 Å². The number of thiophene rings is 1. The molecule has 1 heterocycles. The Morgan fingerprint density at radius 1 is 1.36 bits per heavy atom. The highest BCUT2D eigenvalue weighted by Gasteiger charge is 2.25. The molecule has 0 saturated heterocycles. The van der Waals surface area contributed by atoms with Crippen molar-refractivity contribution in [1.82, 2.24) is 5.32 Å². The summed E-state index contributed by atoms with van der Waals surface area (Å²) in [5.41, 5.74) is 0. The van der Waals surface area contributed by atoms with Crippen LogP contribution in [0.4, 0.5) is 0 Å². The second kappa shape index (κ2) is 8.96. The van der Waals surface area contributed by atoms with Gasteiger partial charge in [-0.05, 0) is 18.4 Å². The van der Waals surface area contributed by atoms with E-state index in [1.54, 1.807) is 17.5 Å². The summed E-state index contributed by atoms with van der Waals surface area (Å²) < 4.78 is 0. The molecule has 0 aliphatic rings. The summed E-state index contributed by atoms with van der Waals surface area (Å²) in [4.78, 5) is 46.3. The molecule has 2 N–H and O–H groups in total. The molecule has 0 radical (unpaired) electrons. The molecule has 2 unspecified atom stereocenters. The molecule has 2 atom stereocenters. The van der Waals surface area contributed by atoms with E-state index in [1.807, 2.05) is 0 Å². The first-order chi connectivity index (χ1) is 10.3. The number of hydrogen-bond donors (Lipinski definition) is 2. The van der Waals surface area contributed by atoms with Crippen molar-refractivity contribution in [3.8, 4) is 0 Å². The van der Waals surface area contributed by atoms with Crippen LogP contribution in [0.2, 0.25) is 0 Å². The zero-order valence-electron chi connectivity index (χ0n) is 11.9. The molecule has 0 fully saturated rings. The number of thioether (sulfide) groups is 2. The molecule has 0 spiro atoms. The van der Waals surface area contributed by atoms with E-state index in [-0.39, 0.29) is 16.0 Å². The molecule has 0 bridgehead atoms. The maximum Gasteiger partial charge on any atom is 0.327 e. The van der Waals surface area contributed by atoms with Gasteiger partial charge < -0.3 is 10.4 Å². The predicted octanol–water partition coefficient (Wildman–Crippen LogP) is 1.86. The second-order valence-electron chi connectivity index (χ2n) is 4.23. The summed E-state index contributed by atoms with van der Waals surface area (Å²) in [6.07, 6.45) is 0. The first kappa shape index (κ1) is 18.7. The van der Waals surface area contributed by atoms with Gasteiger partial charge in [0, 0.05) is 12.7 Å². The predicted molar refractivity (Wildman–Crippen MR) is 88.4 cm³/mol. The molecule has 120 valence electrons. The average Bonchev–Trinajstić information content (AvgIpc) is 2.96. The highest BCUT2D eigenvalue weighted by atomic mass is 32.2. The molecule has 0 aromatic carbocycles. The number of carbonyl (C=O) groups is 4. The van der Waals surface area contributed by atoms with Crippen molar-refractivity contribution in [2.75, 3.05) is 5.75 Å². The van der Waals surface area contributed by atoms with Crippen LogP contribution in [0.15, 0.2) is 17.5 Å². The van der Waals surface area contributed by atoms with Crippen molar-refractivity contribution in [2.45, 2.75) is 25.1 Å². The van der Waals surface area contributed by atoms with E-state index in [2.05, 4.69) is 5.32 Å². The first-order valence-corrected chi connectivity index (χ1v) is 8.96. The number of carboxylic acids is 1. The molecule has 1 rings (SSSR count). The van der Waals surface area contributed by atoms with E-state index < -0.39 is 23.2 Å². The maximum absolute atomic E-state index is 12.0. The molecule has 1 aromatic rings. The number of hydrogen-bond acceptors (Lipinski definition) is 7. The molecule has 9 heteroatoms. The Morgan fingerprint density at radius 3 is 2.55 bits per heavy atom. The van der Waals surface area contributed by atoms with Crippen molar-refractivity contribution in [2.24, 2.45) is 0 Å². The van der Waals surface area contributed by atoms with Crippen molar-refractivity contribution >= 4 is 57.0 Å². The third-order valence-corrected chi connectivity index (χ3v) is 5.35. The number of carboxylic acid groups (broad SMARTS) is 1. The van der Waals surface area contributed by atoms with Crippen LogP contribution in [0.1, 0.15) is 23.5 Å². The van der Waals surface area contributed by atoms with Crippen molar-refractivity contribution in [3.05, 3.63) is 22.4 Å². The lowest BCUT2D eigenvalue weighted by Crippen LogP contribution is -2.45. The topological polar surface area (TPSA) is 101 Å². The molecule has 1 amide bonds. The fraction of sp³-hybridized carbons (Fsp3) is 0.385. The van der Waals surface area contributed by atoms with E-state index >= 15 is 0 Å². The van der Waals surface area contributed by atoms with Crippen LogP contribution < -0.4 is 5.32 Å². The minimum Gasteiger partial charge on any atom is -0.480 e. The lowest BCUT2D eigenvalue weighted by molar-refractivity contribution is -0.140. The Morgan fingerprint density at radius 2 is 2.05 bits per heavy atom. The lowest BCUT2D eigenvalue weighted by atomic mass is 10.3. The van der Waals surface area contributed by atoms with Crippen molar-refractivity contribution in [1.29, 1.82) is 0 Å². The molecule has 0 saturated carbocycles. The third kappa shape index (κ3) is 6.20. The Bertz CT molecular complexity index is 558. The van der Waals surface area contributed by atoms with Crippen LogP contribution in [0, 0.1) is 0 Å². The standard InChI is InChI=1S/C13H15NO5S3/c1-7(22-13(19)10-4-3-5-20-10)11(16)14-9(12(17)18)6-21-8(2)15/h3-5,7,9H,6H2,1-2H3,(H,14,16)(H,17,18). The summed E-state index contributed by atoms with van der Waals surface area (Å²) in [7, 11) is 0. The van der Waals surface area contributed by atoms with Gasteiger partial charge in [-0.2, -0.15) is 0 Å². The van der Waals surface area contributed by atoms with Gasteiger partial charge in [0.2, 0.25) is 11.0 Å². The zero-order chi connectivity index (χ0) is 16.7. The van der Waals surface area contributed by atoms with Crippen LogP contribution >= 0.6 is 34.9 Å². The van der Waals surface area contributed by atoms with Gasteiger partial charge in [-0.25, -0.2) is 4.79 Å². The van der Waals surface area contributed by atoms with Crippen molar-refractivity contribution in [3.63, 3.8) is 0 Å². The number of aliphatic carboxylic acids is 1. The Balaban J connectivity index is 2.55. The normalized spacial score (nSPS) is 13.2. The van der Waals surface area contributed by atoms with E-state index in [1.165, 1.54) is 25.2 Å². The monoisotopic (exact) mass is 361 g/mol. The van der Waals surface area contributed by atoms with E-state index in [9.17, 15) is 19.2 Å². The highest BCUT2D eigenvalue weighted by molar-refractivity contribution is 8.15. The third-order valence-electron chi connectivity index (χ3n) is 2.44. The average molecular weight is 361 g/mol. The maximum atomic E-state index is 12.0. The first-order valence-electron chi connectivity index (χ1n) is 6.22. The molecule has 0 aliphatic heterocycles. The van der Waals surface area contributed by atoms with E-state index in [0.29, 0.717) is 4.88 Å². The van der Waals surface area contributed by atoms with Crippen LogP contribution in [-0.2, 0) is 14.4 Å². The summed E-state index contributed by atoms with van der Waals surface area (Å²) >= 11 is 2.94. The van der Waals surface area contributed by atoms with Gasteiger partial charge in [0.25, 0.3) is 0 Å². The van der Waals surface area contributed by atoms with Gasteiger partial charge in [0.1, 0.15) is 6.04 Å². The Labute approximate surface area is 140 Å². The van der Waals surface area contributed by atoms with Crippen molar-refractivity contribution < 1.29 is 24.3 Å².